The Morgan fingerprint density at radius 1 is 1.30 bits per heavy atom. The Labute approximate surface area is 167 Å². The summed E-state index contributed by atoms with van der Waals surface area (Å²) in [6.07, 6.45) is 1.08. The molecule has 1 aromatic rings. The van der Waals surface area contributed by atoms with E-state index in [1.54, 1.807) is 0 Å². The third kappa shape index (κ3) is 3.89. The smallest absolute Gasteiger partial charge is 0.230 e. The molecule has 3 heterocycles. The number of ether oxygens (including phenoxy) is 1. The molecule has 0 bridgehead atoms. The van der Waals surface area contributed by atoms with Crippen LogP contribution in [0.15, 0.2) is 22.7 Å². The van der Waals surface area contributed by atoms with Gasteiger partial charge < -0.3 is 15.0 Å². The first kappa shape index (κ1) is 18.9. The number of nitrogens with one attached hydrogen (secondary N) is 2. The molecule has 3 aliphatic rings. The van der Waals surface area contributed by atoms with E-state index in [9.17, 15) is 9.59 Å². The van der Waals surface area contributed by atoms with Crippen molar-refractivity contribution in [1.82, 2.24) is 15.5 Å². The van der Waals surface area contributed by atoms with E-state index < -0.39 is 0 Å². The maximum Gasteiger partial charge on any atom is 0.230 e. The van der Waals surface area contributed by atoms with Crippen LogP contribution in [-0.4, -0.2) is 61.4 Å². The Morgan fingerprint density at radius 3 is 2.85 bits per heavy atom. The second kappa shape index (κ2) is 7.87. The number of carbonyl (C=O) groups excluding carboxylic acids is 2. The number of rotatable bonds is 3. The van der Waals surface area contributed by atoms with E-state index in [-0.39, 0.29) is 36.6 Å². The summed E-state index contributed by atoms with van der Waals surface area (Å²) in [5.74, 6) is 0.0143. The lowest BCUT2D eigenvalue weighted by atomic mass is 10.1. The van der Waals surface area contributed by atoms with E-state index in [1.807, 2.05) is 23.1 Å². The highest BCUT2D eigenvalue weighted by Crippen LogP contribution is 2.37. The van der Waals surface area contributed by atoms with Gasteiger partial charge in [0.15, 0.2) is 0 Å². The molecule has 27 heavy (non-hydrogen) atoms. The van der Waals surface area contributed by atoms with Crippen LogP contribution in [0.3, 0.4) is 0 Å². The number of fused-ring (bicyclic) bond motifs is 1. The zero-order valence-electron chi connectivity index (χ0n) is 15.4. The maximum atomic E-state index is 13.1. The summed E-state index contributed by atoms with van der Waals surface area (Å²) >= 11 is 3.59. The van der Waals surface area contributed by atoms with Crippen molar-refractivity contribution in [2.75, 3.05) is 31.2 Å². The second-order valence-corrected chi connectivity index (χ2v) is 8.27. The maximum absolute atomic E-state index is 13.1. The van der Waals surface area contributed by atoms with Crippen LogP contribution >= 0.6 is 15.9 Å². The molecule has 0 spiro atoms. The van der Waals surface area contributed by atoms with E-state index in [1.165, 1.54) is 5.56 Å². The van der Waals surface area contributed by atoms with Crippen LogP contribution in [0, 0.1) is 0 Å². The molecule has 2 saturated heterocycles. The fourth-order valence-corrected chi connectivity index (χ4v) is 4.77. The van der Waals surface area contributed by atoms with E-state index >= 15 is 0 Å². The van der Waals surface area contributed by atoms with Crippen molar-refractivity contribution in [1.29, 1.82) is 0 Å². The summed E-state index contributed by atoms with van der Waals surface area (Å²) in [5, 5.41) is 6.37. The average Bonchev–Trinajstić information content (AvgIpc) is 2.99. The largest absolute Gasteiger partial charge is 0.379 e. The molecule has 4 rings (SSSR count). The molecule has 3 unspecified atom stereocenters. The molecule has 3 atom stereocenters. The summed E-state index contributed by atoms with van der Waals surface area (Å²) in [6, 6.07) is 6.07. The molecule has 146 valence electrons. The van der Waals surface area contributed by atoms with E-state index in [2.05, 4.69) is 38.4 Å². The van der Waals surface area contributed by atoms with Crippen molar-refractivity contribution in [3.05, 3.63) is 28.2 Å². The Bertz CT molecular complexity index is 738. The van der Waals surface area contributed by atoms with Crippen molar-refractivity contribution < 1.29 is 14.3 Å². The minimum atomic E-state index is -0.352. The minimum Gasteiger partial charge on any atom is -0.379 e. The van der Waals surface area contributed by atoms with E-state index in [0.29, 0.717) is 19.6 Å². The predicted molar refractivity (Wildman–Crippen MR) is 105 cm³/mol. The lowest BCUT2D eigenvalue weighted by Crippen LogP contribution is -2.64. The SMILES string of the molecule is CC1Cc2c(Br)cccc2N1C(=O)CC1NC(=O)CC(N2CCOCC2)N1. The Kier molecular flexibility index (Phi) is 5.50. The number of benzene rings is 1. The minimum absolute atomic E-state index is 0.0133. The van der Waals surface area contributed by atoms with E-state index in [4.69, 9.17) is 4.74 Å². The molecule has 7 nitrogen and oxygen atoms in total. The second-order valence-electron chi connectivity index (χ2n) is 7.41. The number of halogens is 1. The predicted octanol–water partition coefficient (Wildman–Crippen LogP) is 1.21. The molecule has 1 aromatic carbocycles. The van der Waals surface area contributed by atoms with Crippen LogP contribution in [0.2, 0.25) is 0 Å². The molecule has 3 aliphatic heterocycles. The Balaban J connectivity index is 1.45. The van der Waals surface area contributed by atoms with Gasteiger partial charge in [-0.1, -0.05) is 22.0 Å². The summed E-state index contributed by atoms with van der Waals surface area (Å²) in [5.41, 5.74) is 2.14. The summed E-state index contributed by atoms with van der Waals surface area (Å²) in [4.78, 5) is 29.4. The molecule has 0 radical (unpaired) electrons. The van der Waals surface area contributed by atoms with Crippen LogP contribution < -0.4 is 15.5 Å². The number of nitrogens with zero attached hydrogens (tertiary/aromatic N) is 2. The summed E-state index contributed by atoms with van der Waals surface area (Å²) in [6.45, 7) is 5.03. The molecule has 0 aliphatic carbocycles. The molecular formula is C19H25BrN4O3. The first-order valence-electron chi connectivity index (χ1n) is 9.49. The van der Waals surface area contributed by atoms with Crippen LogP contribution in [0.1, 0.15) is 25.3 Å². The summed E-state index contributed by atoms with van der Waals surface area (Å²) in [7, 11) is 0. The number of anilines is 1. The normalized spacial score (nSPS) is 28.7. The van der Waals surface area contributed by atoms with Gasteiger partial charge in [0, 0.05) is 29.3 Å². The van der Waals surface area contributed by atoms with Crippen molar-refractivity contribution >= 4 is 33.4 Å². The Hall–Kier alpha value is -1.48. The van der Waals surface area contributed by atoms with Gasteiger partial charge in [0.2, 0.25) is 11.8 Å². The number of hydrogen-bond donors (Lipinski definition) is 2. The molecule has 2 amide bonds. The molecule has 8 heteroatoms. The van der Waals surface area contributed by atoms with Crippen molar-refractivity contribution in [2.45, 2.75) is 44.6 Å². The average molecular weight is 437 g/mol. The van der Waals surface area contributed by atoms with Crippen molar-refractivity contribution in [3.63, 3.8) is 0 Å². The van der Waals surface area contributed by atoms with Gasteiger partial charge in [0.05, 0.1) is 38.4 Å². The van der Waals surface area contributed by atoms with Gasteiger partial charge in [0.1, 0.15) is 0 Å². The highest BCUT2D eigenvalue weighted by Gasteiger charge is 2.36. The molecular weight excluding hydrogens is 412 g/mol. The fourth-order valence-electron chi connectivity index (χ4n) is 4.25. The third-order valence-electron chi connectivity index (χ3n) is 5.54. The van der Waals surface area contributed by atoms with Crippen LogP contribution in [0.25, 0.3) is 0 Å². The first-order valence-corrected chi connectivity index (χ1v) is 10.3. The quantitative estimate of drug-likeness (QED) is 0.744. The van der Waals surface area contributed by atoms with Crippen LogP contribution in [0.5, 0.6) is 0 Å². The molecule has 2 N–H and O–H groups in total. The van der Waals surface area contributed by atoms with Gasteiger partial charge in [-0.05, 0) is 31.0 Å². The topological polar surface area (TPSA) is 73.9 Å². The van der Waals surface area contributed by atoms with Gasteiger partial charge in [-0.2, -0.15) is 0 Å². The third-order valence-corrected chi connectivity index (χ3v) is 6.28. The van der Waals surface area contributed by atoms with Gasteiger partial charge in [-0.3, -0.25) is 19.8 Å². The molecule has 0 saturated carbocycles. The van der Waals surface area contributed by atoms with Crippen LogP contribution in [-0.2, 0) is 20.7 Å². The lowest BCUT2D eigenvalue weighted by molar-refractivity contribution is -0.128. The number of morpholine rings is 1. The van der Waals surface area contributed by atoms with Crippen molar-refractivity contribution in [2.24, 2.45) is 0 Å². The lowest BCUT2D eigenvalue weighted by Gasteiger charge is -2.40. The zero-order valence-corrected chi connectivity index (χ0v) is 17.0. The molecule has 2 fully saturated rings. The number of carbonyl (C=O) groups is 2. The standard InChI is InChI=1S/C19H25BrN4O3/c1-12-9-13-14(20)3-2-4-15(13)24(12)19(26)10-16-21-17(11-18(25)22-16)23-5-7-27-8-6-23/h2-4,12,16-17,21H,5-11H2,1H3,(H,22,25). The number of hydrogen-bond acceptors (Lipinski definition) is 5. The number of amides is 2. The van der Waals surface area contributed by atoms with E-state index in [0.717, 1.165) is 29.7 Å². The zero-order chi connectivity index (χ0) is 19.0. The van der Waals surface area contributed by atoms with Crippen LogP contribution in [0.4, 0.5) is 5.69 Å². The highest BCUT2D eigenvalue weighted by molar-refractivity contribution is 9.10. The monoisotopic (exact) mass is 436 g/mol. The fraction of sp³-hybridized carbons (Fsp3) is 0.579. The van der Waals surface area contributed by atoms with Gasteiger partial charge in [-0.25, -0.2) is 0 Å². The molecule has 0 aromatic heterocycles. The summed E-state index contributed by atoms with van der Waals surface area (Å²) < 4.78 is 6.44. The van der Waals surface area contributed by atoms with Crippen molar-refractivity contribution in [3.8, 4) is 0 Å². The van der Waals surface area contributed by atoms with Gasteiger partial charge in [0.25, 0.3) is 0 Å². The van der Waals surface area contributed by atoms with Gasteiger partial charge >= 0.3 is 0 Å². The Morgan fingerprint density at radius 2 is 2.07 bits per heavy atom. The highest BCUT2D eigenvalue weighted by atomic mass is 79.9. The van der Waals surface area contributed by atoms with Gasteiger partial charge in [-0.15, -0.1) is 0 Å². The first-order chi connectivity index (χ1) is 13.0.